The van der Waals surface area contributed by atoms with Gasteiger partial charge in [-0.1, -0.05) is 47.5 Å². The predicted octanol–water partition coefficient (Wildman–Crippen LogP) is 5.05. The SMILES string of the molecule is Cc1ccc(OCCn2c(CCNC(=O)c3cccc(Cl)c3)nc3ccccc32)cc1. The molecule has 0 bridgehead atoms. The van der Waals surface area contributed by atoms with Crippen molar-refractivity contribution in [1.29, 1.82) is 0 Å². The van der Waals surface area contributed by atoms with Gasteiger partial charge in [0.2, 0.25) is 0 Å². The maximum atomic E-state index is 12.4. The summed E-state index contributed by atoms with van der Waals surface area (Å²) in [5.74, 6) is 1.62. The standard InChI is InChI=1S/C25H24ClN3O2/c1-18-9-11-21(12-10-18)31-16-15-29-23-8-3-2-7-22(23)28-24(29)13-14-27-25(30)19-5-4-6-20(26)17-19/h2-12,17H,13-16H2,1H3,(H,27,30). The van der Waals surface area contributed by atoms with Crippen molar-refractivity contribution >= 4 is 28.5 Å². The summed E-state index contributed by atoms with van der Waals surface area (Å²) in [5.41, 5.74) is 3.75. The number of carbonyl (C=O) groups excluding carboxylic acids is 1. The van der Waals surface area contributed by atoms with E-state index in [1.165, 1.54) is 5.56 Å². The minimum absolute atomic E-state index is 0.145. The number of fused-ring (bicyclic) bond motifs is 1. The van der Waals surface area contributed by atoms with Gasteiger partial charge in [0.25, 0.3) is 5.91 Å². The summed E-state index contributed by atoms with van der Waals surface area (Å²) < 4.78 is 8.08. The van der Waals surface area contributed by atoms with Gasteiger partial charge in [0, 0.05) is 23.6 Å². The van der Waals surface area contributed by atoms with E-state index in [0.717, 1.165) is 22.6 Å². The van der Waals surface area contributed by atoms with Gasteiger partial charge in [-0.05, 0) is 49.4 Å². The number of hydrogen-bond acceptors (Lipinski definition) is 3. The highest BCUT2D eigenvalue weighted by molar-refractivity contribution is 6.30. The summed E-state index contributed by atoms with van der Waals surface area (Å²) in [4.78, 5) is 17.1. The molecule has 0 spiro atoms. The van der Waals surface area contributed by atoms with Crippen LogP contribution >= 0.6 is 11.6 Å². The Kier molecular flexibility index (Phi) is 6.53. The van der Waals surface area contributed by atoms with Crippen LogP contribution in [0.4, 0.5) is 0 Å². The summed E-state index contributed by atoms with van der Waals surface area (Å²) in [6.45, 7) is 3.74. The van der Waals surface area contributed by atoms with Crippen LogP contribution in [-0.4, -0.2) is 28.6 Å². The van der Waals surface area contributed by atoms with Crippen molar-refractivity contribution in [3.8, 4) is 5.75 Å². The van der Waals surface area contributed by atoms with E-state index in [4.69, 9.17) is 21.3 Å². The van der Waals surface area contributed by atoms with E-state index in [-0.39, 0.29) is 5.91 Å². The van der Waals surface area contributed by atoms with Gasteiger partial charge in [-0.3, -0.25) is 4.79 Å². The van der Waals surface area contributed by atoms with E-state index in [1.54, 1.807) is 24.3 Å². The Balaban J connectivity index is 1.42. The first kappa shape index (κ1) is 20.9. The van der Waals surface area contributed by atoms with Gasteiger partial charge in [-0.25, -0.2) is 4.98 Å². The summed E-state index contributed by atoms with van der Waals surface area (Å²) in [6, 6.07) is 23.0. The molecule has 0 fully saturated rings. The quantitative estimate of drug-likeness (QED) is 0.423. The largest absolute Gasteiger partial charge is 0.492 e. The maximum Gasteiger partial charge on any atom is 0.251 e. The zero-order valence-corrected chi connectivity index (χ0v) is 18.1. The number of nitrogens with zero attached hydrogens (tertiary/aromatic N) is 2. The summed E-state index contributed by atoms with van der Waals surface area (Å²) >= 11 is 5.98. The molecular formula is C25H24ClN3O2. The van der Waals surface area contributed by atoms with Crippen LogP contribution in [0.15, 0.2) is 72.8 Å². The van der Waals surface area contributed by atoms with E-state index in [1.807, 2.05) is 42.5 Å². The molecule has 31 heavy (non-hydrogen) atoms. The van der Waals surface area contributed by atoms with E-state index in [2.05, 4.69) is 22.9 Å². The minimum atomic E-state index is -0.145. The van der Waals surface area contributed by atoms with Crippen LogP contribution < -0.4 is 10.1 Å². The van der Waals surface area contributed by atoms with Crippen LogP contribution in [-0.2, 0) is 13.0 Å². The predicted molar refractivity (Wildman–Crippen MR) is 124 cm³/mol. The molecule has 3 aromatic carbocycles. The highest BCUT2D eigenvalue weighted by Crippen LogP contribution is 2.17. The fourth-order valence-electron chi connectivity index (χ4n) is 3.47. The van der Waals surface area contributed by atoms with Crippen LogP contribution in [0.3, 0.4) is 0 Å². The van der Waals surface area contributed by atoms with Crippen molar-refractivity contribution in [3.05, 3.63) is 94.8 Å². The molecule has 0 unspecified atom stereocenters. The van der Waals surface area contributed by atoms with Crippen LogP contribution in [0, 0.1) is 6.92 Å². The van der Waals surface area contributed by atoms with Gasteiger partial charge in [0.05, 0.1) is 17.6 Å². The van der Waals surface area contributed by atoms with Crippen molar-refractivity contribution < 1.29 is 9.53 Å². The van der Waals surface area contributed by atoms with E-state index in [0.29, 0.717) is 36.7 Å². The first-order valence-corrected chi connectivity index (χ1v) is 10.7. The summed E-state index contributed by atoms with van der Waals surface area (Å²) in [6.07, 6.45) is 0.617. The molecule has 0 saturated carbocycles. The zero-order chi connectivity index (χ0) is 21.6. The number of nitrogens with one attached hydrogen (secondary N) is 1. The lowest BCUT2D eigenvalue weighted by molar-refractivity contribution is 0.0954. The fourth-order valence-corrected chi connectivity index (χ4v) is 3.66. The Labute approximate surface area is 186 Å². The molecule has 0 aliphatic heterocycles. The molecule has 4 aromatic rings. The van der Waals surface area contributed by atoms with Gasteiger partial charge in [0.1, 0.15) is 18.2 Å². The van der Waals surface area contributed by atoms with Gasteiger partial charge >= 0.3 is 0 Å². The smallest absolute Gasteiger partial charge is 0.251 e. The number of imidazole rings is 1. The molecule has 0 aliphatic rings. The normalized spacial score (nSPS) is 10.9. The van der Waals surface area contributed by atoms with Crippen molar-refractivity contribution in [2.24, 2.45) is 0 Å². The molecule has 6 heteroatoms. The topological polar surface area (TPSA) is 56.1 Å². The molecule has 1 N–H and O–H groups in total. The third-order valence-corrected chi connectivity index (χ3v) is 5.29. The fraction of sp³-hybridized carbons (Fsp3) is 0.200. The van der Waals surface area contributed by atoms with Crippen LogP contribution in [0.5, 0.6) is 5.75 Å². The average Bonchev–Trinajstić information content (AvgIpc) is 3.12. The molecule has 5 nitrogen and oxygen atoms in total. The monoisotopic (exact) mass is 433 g/mol. The Bertz CT molecular complexity index is 1190. The van der Waals surface area contributed by atoms with Gasteiger partial charge in [-0.15, -0.1) is 0 Å². The third kappa shape index (κ3) is 5.25. The molecule has 0 radical (unpaired) electrons. The van der Waals surface area contributed by atoms with Crippen molar-refractivity contribution in [1.82, 2.24) is 14.9 Å². The lowest BCUT2D eigenvalue weighted by Crippen LogP contribution is -2.26. The molecule has 0 atom stereocenters. The van der Waals surface area contributed by atoms with E-state index < -0.39 is 0 Å². The first-order valence-electron chi connectivity index (χ1n) is 10.3. The molecule has 158 valence electrons. The lowest BCUT2D eigenvalue weighted by atomic mass is 10.2. The number of carbonyl (C=O) groups is 1. The first-order chi connectivity index (χ1) is 15.1. The Morgan fingerprint density at radius 3 is 2.68 bits per heavy atom. The second-order valence-corrected chi connectivity index (χ2v) is 7.78. The third-order valence-electron chi connectivity index (χ3n) is 5.06. The van der Waals surface area contributed by atoms with E-state index >= 15 is 0 Å². The number of hydrogen-bond donors (Lipinski definition) is 1. The van der Waals surface area contributed by atoms with Crippen molar-refractivity contribution in [3.63, 3.8) is 0 Å². The maximum absolute atomic E-state index is 12.4. The van der Waals surface area contributed by atoms with Crippen LogP contribution in [0.25, 0.3) is 11.0 Å². The number of aromatic nitrogens is 2. The Hall–Kier alpha value is -3.31. The zero-order valence-electron chi connectivity index (χ0n) is 17.3. The lowest BCUT2D eigenvalue weighted by Gasteiger charge is -2.11. The second-order valence-electron chi connectivity index (χ2n) is 7.35. The molecule has 1 aromatic heterocycles. The molecule has 1 amide bonds. The Morgan fingerprint density at radius 2 is 1.87 bits per heavy atom. The van der Waals surface area contributed by atoms with Crippen LogP contribution in [0.1, 0.15) is 21.7 Å². The van der Waals surface area contributed by atoms with Gasteiger partial charge in [0.15, 0.2) is 0 Å². The molecule has 0 saturated heterocycles. The van der Waals surface area contributed by atoms with Crippen LogP contribution in [0.2, 0.25) is 5.02 Å². The Morgan fingerprint density at radius 1 is 1.06 bits per heavy atom. The number of ether oxygens (including phenoxy) is 1. The van der Waals surface area contributed by atoms with Gasteiger partial charge < -0.3 is 14.6 Å². The number of para-hydroxylation sites is 2. The number of rotatable bonds is 8. The summed E-state index contributed by atoms with van der Waals surface area (Å²) in [7, 11) is 0. The van der Waals surface area contributed by atoms with Gasteiger partial charge in [-0.2, -0.15) is 0 Å². The average molecular weight is 434 g/mol. The molecular weight excluding hydrogens is 410 g/mol. The van der Waals surface area contributed by atoms with E-state index in [9.17, 15) is 4.79 Å². The molecule has 0 aliphatic carbocycles. The number of aryl methyl sites for hydroxylation is 1. The van der Waals surface area contributed by atoms with Crippen molar-refractivity contribution in [2.45, 2.75) is 19.9 Å². The number of halogens is 1. The number of benzene rings is 3. The molecule has 4 rings (SSSR count). The summed E-state index contributed by atoms with van der Waals surface area (Å²) in [5, 5.41) is 3.50. The highest BCUT2D eigenvalue weighted by atomic mass is 35.5. The molecule has 1 heterocycles. The highest BCUT2D eigenvalue weighted by Gasteiger charge is 2.12. The van der Waals surface area contributed by atoms with Crippen molar-refractivity contribution in [2.75, 3.05) is 13.2 Å². The number of amides is 1. The second kappa shape index (κ2) is 9.67. The minimum Gasteiger partial charge on any atom is -0.492 e.